The van der Waals surface area contributed by atoms with Gasteiger partial charge >= 0.3 is 5.97 Å². The van der Waals surface area contributed by atoms with Gasteiger partial charge in [-0.1, -0.05) is 19.1 Å². The van der Waals surface area contributed by atoms with Gasteiger partial charge in [0.1, 0.15) is 11.4 Å². The quantitative estimate of drug-likeness (QED) is 0.561. The van der Waals surface area contributed by atoms with Crippen molar-refractivity contribution in [3.63, 3.8) is 0 Å². The van der Waals surface area contributed by atoms with E-state index < -0.39 is 23.2 Å². The van der Waals surface area contributed by atoms with Crippen molar-refractivity contribution in [2.45, 2.75) is 13.3 Å². The van der Waals surface area contributed by atoms with E-state index in [1.165, 1.54) is 31.4 Å². The molecule has 0 aliphatic carbocycles. The number of carbonyl (C=O) groups excluding carboxylic acids is 2. The first-order chi connectivity index (χ1) is 14.9. The zero-order valence-corrected chi connectivity index (χ0v) is 17.0. The van der Waals surface area contributed by atoms with Crippen molar-refractivity contribution >= 4 is 17.6 Å². The van der Waals surface area contributed by atoms with Crippen LogP contribution in [0.15, 0.2) is 59.4 Å². The van der Waals surface area contributed by atoms with Gasteiger partial charge in [-0.2, -0.15) is 9.78 Å². The number of amides is 1. The van der Waals surface area contributed by atoms with Crippen LogP contribution in [0.5, 0.6) is 11.5 Å². The molecule has 3 aromatic rings. The summed E-state index contributed by atoms with van der Waals surface area (Å²) in [6.07, 6.45) is 0.716. The highest BCUT2D eigenvalue weighted by Gasteiger charge is 2.19. The molecule has 0 bridgehead atoms. The Kier molecular flexibility index (Phi) is 6.66. The zero-order chi connectivity index (χ0) is 22.4. The molecule has 160 valence electrons. The highest BCUT2D eigenvalue weighted by molar-refractivity contribution is 6.04. The number of hydrogen-bond donors (Lipinski definition) is 2. The van der Waals surface area contributed by atoms with Crippen LogP contribution in [0.25, 0.3) is 5.69 Å². The number of nitrogens with one attached hydrogen (secondary N) is 1. The Balaban J connectivity index is 1.85. The number of carbonyl (C=O) groups is 2. The minimum atomic E-state index is -0.734. The molecule has 1 amide bonds. The van der Waals surface area contributed by atoms with Gasteiger partial charge in [0.2, 0.25) is 0 Å². The lowest BCUT2D eigenvalue weighted by atomic mass is 10.2. The number of anilines is 1. The molecular formula is C22H21N3O6. The second kappa shape index (κ2) is 9.57. The molecule has 0 saturated heterocycles. The van der Waals surface area contributed by atoms with Gasteiger partial charge in [0, 0.05) is 11.8 Å². The first kappa shape index (κ1) is 21.6. The second-order valence-electron chi connectivity index (χ2n) is 6.47. The van der Waals surface area contributed by atoms with Crippen molar-refractivity contribution < 1.29 is 24.2 Å². The summed E-state index contributed by atoms with van der Waals surface area (Å²) in [5.74, 6) is -1.38. The van der Waals surface area contributed by atoms with E-state index in [9.17, 15) is 19.5 Å². The number of methoxy groups -OCH3 is 1. The van der Waals surface area contributed by atoms with E-state index >= 15 is 0 Å². The van der Waals surface area contributed by atoms with Gasteiger partial charge in [0.25, 0.3) is 11.5 Å². The standard InChI is InChI=1S/C22H21N3O6/c1-3-12-31-22(29)14-8-10-15(11-9-14)23-21(28)20-17(26)13-19(27)25(24-20)16-6-4-5-7-18(16)30-2/h4-11,13,26H,3,12H2,1-2H3,(H,23,28). The Labute approximate surface area is 177 Å². The first-order valence-electron chi connectivity index (χ1n) is 9.50. The Hall–Kier alpha value is -4.14. The molecule has 2 aromatic carbocycles. The summed E-state index contributed by atoms with van der Waals surface area (Å²) in [5.41, 5.74) is 0.0508. The van der Waals surface area contributed by atoms with Crippen molar-refractivity contribution in [3.8, 4) is 17.2 Å². The normalized spacial score (nSPS) is 10.4. The van der Waals surface area contributed by atoms with Crippen molar-refractivity contribution in [1.29, 1.82) is 0 Å². The minimum Gasteiger partial charge on any atom is -0.505 e. The van der Waals surface area contributed by atoms with Gasteiger partial charge in [0.15, 0.2) is 11.4 Å². The average Bonchev–Trinajstić information content (AvgIpc) is 2.78. The number of hydrogen-bond acceptors (Lipinski definition) is 7. The van der Waals surface area contributed by atoms with Crippen LogP contribution in [0.3, 0.4) is 0 Å². The maximum absolute atomic E-state index is 12.7. The summed E-state index contributed by atoms with van der Waals surface area (Å²) in [7, 11) is 1.44. The fourth-order valence-electron chi connectivity index (χ4n) is 2.74. The summed E-state index contributed by atoms with van der Waals surface area (Å²) in [6.45, 7) is 2.22. The Bertz CT molecular complexity index is 1150. The van der Waals surface area contributed by atoms with E-state index in [2.05, 4.69) is 10.4 Å². The van der Waals surface area contributed by atoms with Gasteiger partial charge in [-0.25, -0.2) is 4.79 Å². The Morgan fingerprint density at radius 3 is 2.52 bits per heavy atom. The van der Waals surface area contributed by atoms with Crippen LogP contribution in [0.2, 0.25) is 0 Å². The SMILES string of the molecule is CCCOC(=O)c1ccc(NC(=O)c2nn(-c3ccccc3OC)c(=O)cc2O)cc1. The number of aromatic nitrogens is 2. The van der Waals surface area contributed by atoms with Crippen LogP contribution < -0.4 is 15.6 Å². The third-order valence-electron chi connectivity index (χ3n) is 4.26. The number of ether oxygens (including phenoxy) is 2. The van der Waals surface area contributed by atoms with Crippen molar-refractivity contribution in [2.75, 3.05) is 19.0 Å². The summed E-state index contributed by atoms with van der Waals surface area (Å²) in [6, 6.07) is 13.6. The Morgan fingerprint density at radius 1 is 1.13 bits per heavy atom. The van der Waals surface area contributed by atoms with Gasteiger partial charge < -0.3 is 19.9 Å². The van der Waals surface area contributed by atoms with Crippen LogP contribution in [0, 0.1) is 0 Å². The molecule has 0 spiro atoms. The lowest BCUT2D eigenvalue weighted by Gasteiger charge is -2.12. The monoisotopic (exact) mass is 423 g/mol. The maximum Gasteiger partial charge on any atom is 0.338 e. The fraction of sp³-hybridized carbons (Fsp3) is 0.182. The number of rotatable bonds is 7. The van der Waals surface area contributed by atoms with E-state index in [1.807, 2.05) is 6.92 Å². The summed E-state index contributed by atoms with van der Waals surface area (Å²) in [4.78, 5) is 36.9. The topological polar surface area (TPSA) is 120 Å². The molecule has 2 N–H and O–H groups in total. The molecular weight excluding hydrogens is 402 g/mol. The van der Waals surface area contributed by atoms with Crippen LogP contribution in [0.4, 0.5) is 5.69 Å². The molecule has 9 heteroatoms. The Morgan fingerprint density at radius 2 is 1.84 bits per heavy atom. The fourth-order valence-corrected chi connectivity index (χ4v) is 2.74. The molecule has 9 nitrogen and oxygen atoms in total. The van der Waals surface area contributed by atoms with Crippen LogP contribution in [-0.4, -0.2) is 40.5 Å². The molecule has 0 aliphatic heterocycles. The minimum absolute atomic E-state index is 0.319. The number of aromatic hydroxyl groups is 1. The molecule has 0 saturated carbocycles. The van der Waals surface area contributed by atoms with Crippen molar-refractivity contribution in [2.24, 2.45) is 0 Å². The average molecular weight is 423 g/mol. The summed E-state index contributed by atoms with van der Waals surface area (Å²) < 4.78 is 11.3. The smallest absolute Gasteiger partial charge is 0.338 e. The molecule has 0 atom stereocenters. The number of para-hydroxylation sites is 2. The third kappa shape index (κ3) is 4.89. The molecule has 0 aliphatic rings. The molecule has 0 fully saturated rings. The van der Waals surface area contributed by atoms with Gasteiger partial charge in [-0.05, 0) is 42.8 Å². The number of esters is 1. The van der Waals surface area contributed by atoms with Gasteiger partial charge in [0.05, 0.1) is 19.3 Å². The van der Waals surface area contributed by atoms with E-state index in [0.29, 0.717) is 35.7 Å². The maximum atomic E-state index is 12.7. The molecule has 0 radical (unpaired) electrons. The number of nitrogens with zero attached hydrogens (tertiary/aromatic N) is 2. The number of benzene rings is 2. The van der Waals surface area contributed by atoms with Crippen LogP contribution in [-0.2, 0) is 4.74 Å². The summed E-state index contributed by atoms with van der Waals surface area (Å²) >= 11 is 0. The second-order valence-corrected chi connectivity index (χ2v) is 6.47. The molecule has 1 aromatic heterocycles. The van der Waals surface area contributed by atoms with Crippen molar-refractivity contribution in [3.05, 3.63) is 76.2 Å². The summed E-state index contributed by atoms with van der Waals surface area (Å²) in [5, 5.41) is 16.7. The largest absolute Gasteiger partial charge is 0.505 e. The van der Waals surface area contributed by atoms with Gasteiger partial charge in [-0.15, -0.1) is 0 Å². The van der Waals surface area contributed by atoms with Gasteiger partial charge in [-0.3, -0.25) is 9.59 Å². The highest BCUT2D eigenvalue weighted by Crippen LogP contribution is 2.22. The predicted molar refractivity (Wildman–Crippen MR) is 113 cm³/mol. The van der Waals surface area contributed by atoms with Crippen LogP contribution >= 0.6 is 0 Å². The molecule has 0 unspecified atom stereocenters. The molecule has 31 heavy (non-hydrogen) atoms. The van der Waals surface area contributed by atoms with Crippen LogP contribution in [0.1, 0.15) is 34.2 Å². The third-order valence-corrected chi connectivity index (χ3v) is 4.26. The zero-order valence-electron chi connectivity index (χ0n) is 17.0. The van der Waals surface area contributed by atoms with E-state index in [0.717, 1.165) is 10.7 Å². The van der Waals surface area contributed by atoms with Crippen molar-refractivity contribution in [1.82, 2.24) is 9.78 Å². The van der Waals surface area contributed by atoms with E-state index in [4.69, 9.17) is 9.47 Å². The van der Waals surface area contributed by atoms with E-state index in [-0.39, 0.29) is 5.69 Å². The lowest BCUT2D eigenvalue weighted by Crippen LogP contribution is -2.25. The highest BCUT2D eigenvalue weighted by atomic mass is 16.5. The van der Waals surface area contributed by atoms with E-state index in [1.54, 1.807) is 24.3 Å². The first-order valence-corrected chi connectivity index (χ1v) is 9.50. The predicted octanol–water partition coefficient (Wildman–Crippen LogP) is 2.77. The molecule has 1 heterocycles. The molecule has 3 rings (SSSR count). The lowest BCUT2D eigenvalue weighted by molar-refractivity contribution is 0.0505.